The summed E-state index contributed by atoms with van der Waals surface area (Å²) in [5.74, 6) is -0.302. The van der Waals surface area contributed by atoms with Crippen LogP contribution in [0, 0.1) is 0 Å². The normalized spacial score (nSPS) is 23.1. The van der Waals surface area contributed by atoms with E-state index in [-0.39, 0.29) is 17.9 Å². The fourth-order valence-electron chi connectivity index (χ4n) is 2.06. The summed E-state index contributed by atoms with van der Waals surface area (Å²) in [6.07, 6.45) is 0. The van der Waals surface area contributed by atoms with Crippen LogP contribution in [0.15, 0.2) is 24.3 Å². The summed E-state index contributed by atoms with van der Waals surface area (Å²) in [7, 11) is 0. The Hall–Kier alpha value is -1.51. The first kappa shape index (κ1) is 10.0. The number of fused-ring (bicyclic) bond motifs is 1. The third kappa shape index (κ3) is 1.69. The Bertz CT molecular complexity index is 376. The van der Waals surface area contributed by atoms with Crippen molar-refractivity contribution >= 4 is 11.7 Å². The van der Waals surface area contributed by atoms with E-state index in [0.29, 0.717) is 6.61 Å². The summed E-state index contributed by atoms with van der Waals surface area (Å²) in [6, 6.07) is 8.00. The molecule has 0 saturated heterocycles. The van der Waals surface area contributed by atoms with E-state index >= 15 is 0 Å². The monoisotopic (exact) mass is 205 g/mol. The summed E-state index contributed by atoms with van der Waals surface area (Å²) >= 11 is 0. The molecule has 1 N–H and O–H groups in total. The van der Waals surface area contributed by atoms with Crippen LogP contribution >= 0.6 is 0 Å². The lowest BCUT2D eigenvalue weighted by molar-refractivity contribution is -0.145. The van der Waals surface area contributed by atoms with E-state index in [9.17, 15) is 4.79 Å². The topological polar surface area (TPSA) is 38.3 Å². The molecular formula is C12H15NO2. The Morgan fingerprint density at radius 3 is 2.93 bits per heavy atom. The first-order valence-corrected chi connectivity index (χ1v) is 5.26. The zero-order chi connectivity index (χ0) is 10.8. The van der Waals surface area contributed by atoms with Crippen molar-refractivity contribution in [3.63, 3.8) is 0 Å². The highest BCUT2D eigenvalue weighted by Crippen LogP contribution is 2.36. The Labute approximate surface area is 89.4 Å². The number of anilines is 1. The van der Waals surface area contributed by atoms with Crippen LogP contribution in [0.3, 0.4) is 0 Å². The van der Waals surface area contributed by atoms with Gasteiger partial charge in [0.25, 0.3) is 0 Å². The molecular weight excluding hydrogens is 190 g/mol. The number of rotatable bonds is 2. The molecule has 1 aromatic rings. The summed E-state index contributed by atoms with van der Waals surface area (Å²) in [5, 5.41) is 3.29. The average Bonchev–Trinajstić information content (AvgIpc) is 2.54. The van der Waals surface area contributed by atoms with Gasteiger partial charge in [-0.15, -0.1) is 0 Å². The molecule has 0 amide bonds. The number of carbonyl (C=O) groups is 1. The molecule has 0 fully saturated rings. The summed E-state index contributed by atoms with van der Waals surface area (Å²) in [5.41, 5.74) is 2.09. The van der Waals surface area contributed by atoms with Crippen LogP contribution in [-0.4, -0.2) is 18.6 Å². The molecule has 0 aromatic heterocycles. The Morgan fingerprint density at radius 2 is 2.20 bits per heavy atom. The third-order valence-electron chi connectivity index (χ3n) is 2.72. The van der Waals surface area contributed by atoms with Gasteiger partial charge in [0.2, 0.25) is 0 Å². The predicted molar refractivity (Wildman–Crippen MR) is 58.9 cm³/mol. The second-order valence-electron chi connectivity index (χ2n) is 3.75. The first-order valence-electron chi connectivity index (χ1n) is 5.26. The van der Waals surface area contributed by atoms with E-state index in [1.807, 2.05) is 38.1 Å². The van der Waals surface area contributed by atoms with Gasteiger partial charge >= 0.3 is 5.97 Å². The van der Waals surface area contributed by atoms with Gasteiger partial charge in [0.05, 0.1) is 6.61 Å². The SMILES string of the molecule is CCOC(=O)C1c2ccccc2NC1C. The highest BCUT2D eigenvalue weighted by molar-refractivity contribution is 5.84. The van der Waals surface area contributed by atoms with Crippen LogP contribution in [0.2, 0.25) is 0 Å². The molecule has 1 aliphatic rings. The van der Waals surface area contributed by atoms with Crippen molar-refractivity contribution in [2.75, 3.05) is 11.9 Å². The molecule has 15 heavy (non-hydrogen) atoms. The Morgan fingerprint density at radius 1 is 1.47 bits per heavy atom. The maximum atomic E-state index is 11.8. The number of benzene rings is 1. The zero-order valence-electron chi connectivity index (χ0n) is 8.99. The summed E-state index contributed by atoms with van der Waals surface area (Å²) < 4.78 is 5.07. The van der Waals surface area contributed by atoms with E-state index in [0.717, 1.165) is 11.3 Å². The van der Waals surface area contributed by atoms with E-state index in [2.05, 4.69) is 5.32 Å². The highest BCUT2D eigenvalue weighted by atomic mass is 16.5. The zero-order valence-corrected chi connectivity index (χ0v) is 8.99. The van der Waals surface area contributed by atoms with Crippen LogP contribution in [-0.2, 0) is 9.53 Å². The van der Waals surface area contributed by atoms with Crippen LogP contribution < -0.4 is 5.32 Å². The molecule has 1 aromatic carbocycles. The molecule has 2 rings (SSSR count). The number of para-hydroxylation sites is 1. The quantitative estimate of drug-likeness (QED) is 0.752. The van der Waals surface area contributed by atoms with Crippen LogP contribution in [0.5, 0.6) is 0 Å². The molecule has 0 saturated carbocycles. The average molecular weight is 205 g/mol. The molecule has 0 radical (unpaired) electrons. The molecule has 80 valence electrons. The minimum Gasteiger partial charge on any atom is -0.465 e. The van der Waals surface area contributed by atoms with Crippen molar-refractivity contribution in [3.8, 4) is 0 Å². The molecule has 2 atom stereocenters. The molecule has 0 spiro atoms. The second kappa shape index (κ2) is 3.93. The highest BCUT2D eigenvalue weighted by Gasteiger charge is 2.35. The number of nitrogens with one attached hydrogen (secondary N) is 1. The van der Waals surface area contributed by atoms with Crippen molar-refractivity contribution in [1.82, 2.24) is 0 Å². The molecule has 3 heteroatoms. The van der Waals surface area contributed by atoms with Crippen LogP contribution in [0.25, 0.3) is 0 Å². The lowest BCUT2D eigenvalue weighted by Crippen LogP contribution is -2.25. The van der Waals surface area contributed by atoms with Crippen LogP contribution in [0.4, 0.5) is 5.69 Å². The lowest BCUT2D eigenvalue weighted by atomic mass is 9.96. The smallest absolute Gasteiger partial charge is 0.315 e. The maximum absolute atomic E-state index is 11.8. The summed E-state index contributed by atoms with van der Waals surface area (Å²) in [6.45, 7) is 4.27. The number of ether oxygens (including phenoxy) is 1. The van der Waals surface area contributed by atoms with Gasteiger partial charge in [-0.25, -0.2) is 0 Å². The molecule has 0 aliphatic carbocycles. The van der Waals surface area contributed by atoms with Crippen LogP contribution in [0.1, 0.15) is 25.3 Å². The fourth-order valence-corrected chi connectivity index (χ4v) is 2.06. The van der Waals surface area contributed by atoms with Gasteiger partial charge in [0.1, 0.15) is 5.92 Å². The molecule has 1 heterocycles. The lowest BCUT2D eigenvalue weighted by Gasteiger charge is -2.14. The predicted octanol–water partition coefficient (Wildman–Crippen LogP) is 2.15. The summed E-state index contributed by atoms with van der Waals surface area (Å²) in [4.78, 5) is 11.8. The Balaban J connectivity index is 2.29. The third-order valence-corrected chi connectivity index (χ3v) is 2.72. The van der Waals surface area contributed by atoms with Gasteiger partial charge in [0, 0.05) is 11.7 Å². The minimum absolute atomic E-state index is 0.112. The second-order valence-corrected chi connectivity index (χ2v) is 3.75. The van der Waals surface area contributed by atoms with E-state index in [1.54, 1.807) is 0 Å². The van der Waals surface area contributed by atoms with Crippen molar-refractivity contribution in [3.05, 3.63) is 29.8 Å². The molecule has 0 bridgehead atoms. The van der Waals surface area contributed by atoms with Crippen molar-refractivity contribution in [1.29, 1.82) is 0 Å². The largest absolute Gasteiger partial charge is 0.465 e. The van der Waals surface area contributed by atoms with E-state index in [4.69, 9.17) is 4.74 Å². The van der Waals surface area contributed by atoms with Crippen molar-refractivity contribution < 1.29 is 9.53 Å². The number of carbonyl (C=O) groups excluding carboxylic acids is 1. The van der Waals surface area contributed by atoms with Gasteiger partial charge in [-0.3, -0.25) is 4.79 Å². The number of esters is 1. The molecule has 2 unspecified atom stereocenters. The fraction of sp³-hybridized carbons (Fsp3) is 0.417. The van der Waals surface area contributed by atoms with Crippen molar-refractivity contribution in [2.24, 2.45) is 0 Å². The van der Waals surface area contributed by atoms with Gasteiger partial charge in [-0.05, 0) is 25.5 Å². The standard InChI is InChI=1S/C12H15NO2/c1-3-15-12(14)11-8(2)13-10-7-5-4-6-9(10)11/h4-8,11,13H,3H2,1-2H3. The molecule has 1 aliphatic heterocycles. The van der Waals surface area contributed by atoms with E-state index < -0.39 is 0 Å². The van der Waals surface area contributed by atoms with Gasteiger partial charge in [0.15, 0.2) is 0 Å². The van der Waals surface area contributed by atoms with Gasteiger partial charge < -0.3 is 10.1 Å². The van der Waals surface area contributed by atoms with Gasteiger partial charge in [-0.1, -0.05) is 18.2 Å². The Kier molecular flexibility index (Phi) is 2.62. The maximum Gasteiger partial charge on any atom is 0.315 e. The first-order chi connectivity index (χ1) is 7.24. The number of hydrogen-bond acceptors (Lipinski definition) is 3. The number of hydrogen-bond donors (Lipinski definition) is 1. The molecule has 3 nitrogen and oxygen atoms in total. The minimum atomic E-state index is -0.166. The van der Waals surface area contributed by atoms with E-state index in [1.165, 1.54) is 0 Å². The van der Waals surface area contributed by atoms with Gasteiger partial charge in [-0.2, -0.15) is 0 Å². The van der Waals surface area contributed by atoms with Crippen molar-refractivity contribution in [2.45, 2.75) is 25.8 Å².